The monoisotopic (exact) mass is 348 g/mol. The first-order chi connectivity index (χ1) is 12.2. The number of rotatable bonds is 7. The van der Waals surface area contributed by atoms with Crippen LogP contribution >= 0.6 is 8.15 Å². The van der Waals surface area contributed by atoms with Gasteiger partial charge in [-0.05, 0) is 32.3 Å². The Labute approximate surface area is 152 Å². The Morgan fingerprint density at radius 1 is 0.680 bits per heavy atom. The van der Waals surface area contributed by atoms with Crippen LogP contribution in [0.3, 0.4) is 0 Å². The molecule has 0 aliphatic carbocycles. The summed E-state index contributed by atoms with van der Waals surface area (Å²) in [6.07, 6.45) is 2.10. The third-order valence-corrected chi connectivity index (χ3v) is 6.19. The first kappa shape index (κ1) is 17.9. The van der Waals surface area contributed by atoms with Crippen molar-refractivity contribution in [1.29, 1.82) is 0 Å². The zero-order valence-corrected chi connectivity index (χ0v) is 15.9. The Bertz CT molecular complexity index is 718. The van der Waals surface area contributed by atoms with E-state index in [2.05, 4.69) is 92.7 Å². The smallest absolute Gasteiger partial charge is 0.0917 e. The Hall–Kier alpha value is -1.95. The lowest BCUT2D eigenvalue weighted by atomic mass is 10.1. The minimum atomic E-state index is -0.756. The lowest BCUT2D eigenvalue weighted by molar-refractivity contribution is 0.352. The molecular formula is C23H25OP. The molecule has 0 bridgehead atoms. The van der Waals surface area contributed by atoms with Crippen LogP contribution < -0.4 is 10.6 Å². The molecule has 3 aromatic rings. The number of hydrogen-bond acceptors (Lipinski definition) is 1. The van der Waals surface area contributed by atoms with Crippen LogP contribution in [0.15, 0.2) is 78.9 Å². The van der Waals surface area contributed by atoms with Gasteiger partial charge < -0.3 is 4.52 Å². The zero-order chi connectivity index (χ0) is 17.5. The van der Waals surface area contributed by atoms with Crippen molar-refractivity contribution in [3.05, 3.63) is 95.6 Å². The van der Waals surface area contributed by atoms with Crippen LogP contribution in [0.2, 0.25) is 0 Å². The molecule has 0 N–H and O–H groups in total. The van der Waals surface area contributed by atoms with E-state index in [0.29, 0.717) is 0 Å². The molecule has 2 heteroatoms. The van der Waals surface area contributed by atoms with Gasteiger partial charge in [0, 0.05) is 10.6 Å². The van der Waals surface area contributed by atoms with Crippen LogP contribution in [-0.4, -0.2) is 6.61 Å². The summed E-state index contributed by atoms with van der Waals surface area (Å²) in [5.41, 5.74) is 3.94. The molecule has 0 saturated carbocycles. The van der Waals surface area contributed by atoms with Crippen LogP contribution in [0, 0.1) is 13.8 Å². The highest BCUT2D eigenvalue weighted by molar-refractivity contribution is 7.68. The molecule has 0 aromatic heterocycles. The Morgan fingerprint density at radius 3 is 1.72 bits per heavy atom. The molecule has 0 atom stereocenters. The van der Waals surface area contributed by atoms with Gasteiger partial charge in [-0.15, -0.1) is 0 Å². The van der Waals surface area contributed by atoms with E-state index in [-0.39, 0.29) is 0 Å². The van der Waals surface area contributed by atoms with E-state index in [1.54, 1.807) is 0 Å². The maximum absolute atomic E-state index is 6.38. The fourth-order valence-electron chi connectivity index (χ4n) is 2.74. The lowest BCUT2D eigenvalue weighted by Crippen LogP contribution is -2.14. The number of hydrogen-bond donors (Lipinski definition) is 0. The van der Waals surface area contributed by atoms with E-state index in [1.165, 1.54) is 27.3 Å². The van der Waals surface area contributed by atoms with Crippen molar-refractivity contribution in [3.8, 4) is 0 Å². The van der Waals surface area contributed by atoms with Gasteiger partial charge in [-0.1, -0.05) is 90.0 Å². The topological polar surface area (TPSA) is 9.23 Å². The van der Waals surface area contributed by atoms with E-state index in [4.69, 9.17) is 4.52 Å². The molecule has 0 unspecified atom stereocenters. The van der Waals surface area contributed by atoms with Gasteiger partial charge in [0.05, 0.1) is 14.8 Å². The molecule has 0 amide bonds. The van der Waals surface area contributed by atoms with Crippen LogP contribution in [0.25, 0.3) is 0 Å². The van der Waals surface area contributed by atoms with Crippen molar-refractivity contribution in [2.24, 2.45) is 0 Å². The van der Waals surface area contributed by atoms with Crippen LogP contribution in [-0.2, 0) is 10.9 Å². The van der Waals surface area contributed by atoms with Gasteiger partial charge in [-0.25, -0.2) is 0 Å². The second-order valence-corrected chi connectivity index (χ2v) is 8.27. The molecule has 128 valence electrons. The average molecular weight is 348 g/mol. The Balaban J connectivity index is 1.68. The van der Waals surface area contributed by atoms with Crippen molar-refractivity contribution in [2.45, 2.75) is 26.7 Å². The van der Waals surface area contributed by atoms with Gasteiger partial charge in [0.25, 0.3) is 0 Å². The zero-order valence-electron chi connectivity index (χ0n) is 15.0. The van der Waals surface area contributed by atoms with Gasteiger partial charge in [0.1, 0.15) is 0 Å². The van der Waals surface area contributed by atoms with E-state index < -0.39 is 8.15 Å². The predicted octanol–water partition coefficient (Wildman–Crippen LogP) is 5.30. The van der Waals surface area contributed by atoms with Crippen molar-refractivity contribution >= 4 is 18.8 Å². The van der Waals surface area contributed by atoms with Gasteiger partial charge >= 0.3 is 0 Å². The molecule has 0 aliphatic rings. The first-order valence-electron chi connectivity index (χ1n) is 8.83. The second-order valence-electron chi connectivity index (χ2n) is 6.39. The summed E-state index contributed by atoms with van der Waals surface area (Å²) in [5, 5.41) is 2.56. The SMILES string of the molecule is Cc1ccc(P(OCCCc2ccccc2)c2ccc(C)cc2)cc1. The van der Waals surface area contributed by atoms with Crippen molar-refractivity contribution < 1.29 is 4.52 Å². The van der Waals surface area contributed by atoms with Gasteiger partial charge in [-0.3, -0.25) is 0 Å². The summed E-state index contributed by atoms with van der Waals surface area (Å²) in [6, 6.07) is 28.1. The summed E-state index contributed by atoms with van der Waals surface area (Å²) in [6.45, 7) is 5.03. The maximum Gasteiger partial charge on any atom is 0.0917 e. The van der Waals surface area contributed by atoms with Crippen LogP contribution in [0.1, 0.15) is 23.1 Å². The summed E-state index contributed by atoms with van der Waals surface area (Å²) < 4.78 is 6.38. The third kappa shape index (κ3) is 5.26. The minimum absolute atomic E-state index is 0.756. The van der Waals surface area contributed by atoms with Crippen LogP contribution in [0.4, 0.5) is 0 Å². The van der Waals surface area contributed by atoms with E-state index in [9.17, 15) is 0 Å². The predicted molar refractivity (Wildman–Crippen MR) is 109 cm³/mol. The third-order valence-electron chi connectivity index (χ3n) is 4.21. The molecule has 0 fully saturated rings. The largest absolute Gasteiger partial charge is 0.350 e. The normalized spacial score (nSPS) is 11.0. The van der Waals surface area contributed by atoms with E-state index in [0.717, 1.165) is 19.4 Å². The number of aryl methyl sites for hydroxylation is 3. The molecule has 0 heterocycles. The molecule has 3 rings (SSSR count). The molecule has 25 heavy (non-hydrogen) atoms. The maximum atomic E-state index is 6.38. The average Bonchev–Trinajstić information content (AvgIpc) is 2.65. The molecule has 0 spiro atoms. The van der Waals surface area contributed by atoms with Crippen molar-refractivity contribution in [1.82, 2.24) is 0 Å². The molecule has 0 aliphatic heterocycles. The standard InChI is InChI=1S/C23H25OP/c1-19-10-14-22(15-11-19)25(23-16-12-20(2)13-17-23)24-18-6-9-21-7-4-3-5-8-21/h3-5,7-8,10-17H,6,9,18H2,1-2H3. The highest BCUT2D eigenvalue weighted by atomic mass is 31.1. The van der Waals surface area contributed by atoms with Crippen LogP contribution in [0.5, 0.6) is 0 Å². The molecule has 0 saturated heterocycles. The van der Waals surface area contributed by atoms with Crippen molar-refractivity contribution in [2.75, 3.05) is 6.61 Å². The first-order valence-corrected chi connectivity index (χ1v) is 10.1. The van der Waals surface area contributed by atoms with Gasteiger partial charge in [0.15, 0.2) is 0 Å². The molecule has 1 nitrogen and oxygen atoms in total. The molecule has 3 aromatic carbocycles. The van der Waals surface area contributed by atoms with E-state index in [1.807, 2.05) is 0 Å². The fourth-order valence-corrected chi connectivity index (χ4v) is 4.48. The number of benzene rings is 3. The highest BCUT2D eigenvalue weighted by Gasteiger charge is 2.15. The van der Waals surface area contributed by atoms with E-state index >= 15 is 0 Å². The Morgan fingerprint density at radius 2 is 1.20 bits per heavy atom. The Kier molecular flexibility index (Phi) is 6.39. The second kappa shape index (κ2) is 8.94. The minimum Gasteiger partial charge on any atom is -0.350 e. The fraction of sp³-hybridized carbons (Fsp3) is 0.217. The summed E-state index contributed by atoms with van der Waals surface area (Å²) >= 11 is 0. The summed E-state index contributed by atoms with van der Waals surface area (Å²) in [4.78, 5) is 0. The molecule has 0 radical (unpaired) electrons. The summed E-state index contributed by atoms with van der Waals surface area (Å²) in [5.74, 6) is 0. The van der Waals surface area contributed by atoms with Crippen molar-refractivity contribution in [3.63, 3.8) is 0 Å². The van der Waals surface area contributed by atoms with Gasteiger partial charge in [0.2, 0.25) is 0 Å². The highest BCUT2D eigenvalue weighted by Crippen LogP contribution is 2.35. The summed E-state index contributed by atoms with van der Waals surface area (Å²) in [7, 11) is -0.756. The quantitative estimate of drug-likeness (QED) is 0.416. The van der Waals surface area contributed by atoms with Gasteiger partial charge in [-0.2, -0.15) is 0 Å². The lowest BCUT2D eigenvalue weighted by Gasteiger charge is -2.19. The molecular weight excluding hydrogens is 323 g/mol.